The van der Waals surface area contributed by atoms with Crippen molar-refractivity contribution in [3.8, 4) is 22.2 Å². The zero-order valence-electron chi connectivity index (χ0n) is 18.5. The van der Waals surface area contributed by atoms with Crippen LogP contribution in [0.25, 0.3) is 22.2 Å². The van der Waals surface area contributed by atoms with Crippen LogP contribution in [0.1, 0.15) is 54.3 Å². The average molecular weight is 486 g/mol. The van der Waals surface area contributed by atoms with Crippen molar-refractivity contribution in [3.05, 3.63) is 27.4 Å². The maximum atomic E-state index is 13.2. The molecule has 9 nitrogen and oxygen atoms in total. The number of anilines is 1. The van der Waals surface area contributed by atoms with Gasteiger partial charge in [-0.05, 0) is 44.6 Å². The smallest absolute Gasteiger partial charge is 0.331 e. The number of carboxylic acid groups (broad SMARTS) is 1. The number of nitrogens with zero attached hydrogens (tertiary/aromatic N) is 5. The number of thiophene rings is 1. The minimum Gasteiger partial charge on any atom is -0.478 e. The Morgan fingerprint density at radius 2 is 1.94 bits per heavy atom. The monoisotopic (exact) mass is 485 g/mol. The van der Waals surface area contributed by atoms with Crippen molar-refractivity contribution in [3.63, 3.8) is 0 Å². The summed E-state index contributed by atoms with van der Waals surface area (Å²) < 4.78 is 10.1. The number of carboxylic acids is 1. The van der Waals surface area contributed by atoms with Gasteiger partial charge in [0.2, 0.25) is 5.13 Å². The van der Waals surface area contributed by atoms with Gasteiger partial charge in [0.05, 0.1) is 10.4 Å². The molecule has 5 rings (SSSR count). The second kappa shape index (κ2) is 8.45. The van der Waals surface area contributed by atoms with Crippen LogP contribution in [0.3, 0.4) is 0 Å². The van der Waals surface area contributed by atoms with E-state index >= 15 is 0 Å². The van der Waals surface area contributed by atoms with Gasteiger partial charge in [-0.25, -0.2) is 4.79 Å². The molecule has 0 saturated heterocycles. The maximum absolute atomic E-state index is 13.2. The summed E-state index contributed by atoms with van der Waals surface area (Å²) in [5.74, 6) is 0.855. The standard InChI is InChI=1S/C22H23N5O4S2/c1-10-16(20-23-18(25-31-20)11-7-8-11)15(9-14(28)12-5-4-6-13(12)21(29)30)32-17(10)19-24-22(27(2)3)33-26-19/h11H,4-9H2,1-3H3,(H,29,30). The summed E-state index contributed by atoms with van der Waals surface area (Å²) in [7, 11) is 3.82. The predicted molar refractivity (Wildman–Crippen MR) is 125 cm³/mol. The number of carbonyl (C=O) groups excluding carboxylic acids is 1. The molecule has 1 N–H and O–H groups in total. The summed E-state index contributed by atoms with van der Waals surface area (Å²) >= 11 is 2.74. The number of Topliss-reactive ketones (excluding diaryl/α,β-unsaturated/α-hetero) is 1. The summed E-state index contributed by atoms with van der Waals surface area (Å²) in [4.78, 5) is 37.5. The van der Waals surface area contributed by atoms with Crippen molar-refractivity contribution in [2.24, 2.45) is 0 Å². The topological polar surface area (TPSA) is 122 Å². The molecule has 1 fully saturated rings. The molecule has 0 amide bonds. The Kier molecular flexibility index (Phi) is 5.61. The normalized spacial score (nSPS) is 16.0. The van der Waals surface area contributed by atoms with E-state index in [9.17, 15) is 14.7 Å². The third kappa shape index (κ3) is 4.10. The lowest BCUT2D eigenvalue weighted by molar-refractivity contribution is -0.133. The maximum Gasteiger partial charge on any atom is 0.331 e. The van der Waals surface area contributed by atoms with Gasteiger partial charge in [0.15, 0.2) is 17.4 Å². The van der Waals surface area contributed by atoms with Crippen LogP contribution in [0.15, 0.2) is 15.7 Å². The molecule has 33 heavy (non-hydrogen) atoms. The van der Waals surface area contributed by atoms with Crippen LogP contribution in [0.4, 0.5) is 5.13 Å². The van der Waals surface area contributed by atoms with Crippen LogP contribution in [-0.4, -0.2) is 50.5 Å². The van der Waals surface area contributed by atoms with E-state index in [1.807, 2.05) is 25.9 Å². The number of carbonyl (C=O) groups is 2. The van der Waals surface area contributed by atoms with Crippen molar-refractivity contribution >= 4 is 39.8 Å². The summed E-state index contributed by atoms with van der Waals surface area (Å²) in [5, 5.41) is 14.4. The minimum absolute atomic E-state index is 0.0821. The first kappa shape index (κ1) is 21.9. The van der Waals surface area contributed by atoms with Crippen molar-refractivity contribution in [1.29, 1.82) is 0 Å². The molecule has 3 heterocycles. The highest BCUT2D eigenvalue weighted by molar-refractivity contribution is 7.16. The van der Waals surface area contributed by atoms with E-state index in [0.717, 1.165) is 38.9 Å². The average Bonchev–Trinajstić information content (AvgIpc) is 3.20. The third-order valence-corrected chi connectivity index (χ3v) is 8.12. The van der Waals surface area contributed by atoms with Gasteiger partial charge in [-0.2, -0.15) is 14.3 Å². The lowest BCUT2D eigenvalue weighted by Gasteiger charge is -2.04. The Bertz CT molecular complexity index is 1280. The van der Waals surface area contributed by atoms with E-state index in [4.69, 9.17) is 4.52 Å². The predicted octanol–water partition coefficient (Wildman–Crippen LogP) is 4.25. The quantitative estimate of drug-likeness (QED) is 0.499. The molecule has 0 atom stereocenters. The van der Waals surface area contributed by atoms with Crippen molar-refractivity contribution in [2.45, 2.75) is 51.4 Å². The molecular weight excluding hydrogens is 462 g/mol. The second-order valence-corrected chi connectivity index (χ2v) is 10.4. The number of rotatable bonds is 8. The van der Waals surface area contributed by atoms with Gasteiger partial charge in [-0.15, -0.1) is 11.3 Å². The van der Waals surface area contributed by atoms with Crippen molar-refractivity contribution in [2.75, 3.05) is 19.0 Å². The van der Waals surface area contributed by atoms with Gasteiger partial charge in [0.25, 0.3) is 5.89 Å². The van der Waals surface area contributed by atoms with E-state index in [-0.39, 0.29) is 17.8 Å². The molecule has 0 spiro atoms. The summed E-state index contributed by atoms with van der Waals surface area (Å²) in [6.45, 7) is 1.95. The summed E-state index contributed by atoms with van der Waals surface area (Å²) in [6.07, 6.45) is 3.82. The van der Waals surface area contributed by atoms with E-state index in [0.29, 0.717) is 48.3 Å². The highest BCUT2D eigenvalue weighted by Crippen LogP contribution is 2.44. The van der Waals surface area contributed by atoms with E-state index in [1.54, 1.807) is 0 Å². The van der Waals surface area contributed by atoms with Crippen LogP contribution in [0.2, 0.25) is 0 Å². The molecule has 0 unspecified atom stereocenters. The van der Waals surface area contributed by atoms with Gasteiger partial charge in [0, 0.05) is 54.0 Å². The molecule has 3 aromatic heterocycles. The van der Waals surface area contributed by atoms with Gasteiger partial charge in [0.1, 0.15) is 0 Å². The zero-order chi connectivity index (χ0) is 23.3. The Balaban J connectivity index is 1.56. The Labute approximate surface area is 198 Å². The fourth-order valence-corrected chi connectivity index (χ4v) is 5.94. The van der Waals surface area contributed by atoms with Crippen LogP contribution >= 0.6 is 22.9 Å². The SMILES string of the molecule is Cc1c(-c2nsc(N(C)C)n2)sc(CC(=O)C2=C(C(=O)O)CCC2)c1-c1nc(C2CC2)no1. The number of allylic oxidation sites excluding steroid dienone is 1. The van der Waals surface area contributed by atoms with Crippen molar-refractivity contribution in [1.82, 2.24) is 19.5 Å². The highest BCUT2D eigenvalue weighted by Gasteiger charge is 2.32. The van der Waals surface area contributed by atoms with Crippen LogP contribution in [-0.2, 0) is 16.0 Å². The largest absolute Gasteiger partial charge is 0.478 e. The second-order valence-electron chi connectivity index (χ2n) is 8.60. The highest BCUT2D eigenvalue weighted by atomic mass is 32.1. The van der Waals surface area contributed by atoms with Gasteiger partial charge >= 0.3 is 5.97 Å². The number of aromatic nitrogens is 4. The Hall–Kier alpha value is -2.92. The van der Waals surface area contributed by atoms with E-state index < -0.39 is 5.97 Å². The first-order chi connectivity index (χ1) is 15.8. The molecule has 0 radical (unpaired) electrons. The van der Waals surface area contributed by atoms with Gasteiger partial charge < -0.3 is 14.5 Å². The number of hydrogen-bond donors (Lipinski definition) is 1. The molecule has 1 saturated carbocycles. The van der Waals surface area contributed by atoms with Crippen LogP contribution < -0.4 is 4.90 Å². The summed E-state index contributed by atoms with van der Waals surface area (Å²) in [5.41, 5.74) is 2.28. The fourth-order valence-electron chi connectivity index (χ4n) is 4.06. The lowest BCUT2D eigenvalue weighted by atomic mass is 10.0. The fraction of sp³-hybridized carbons (Fsp3) is 0.455. The Morgan fingerprint density at radius 3 is 2.61 bits per heavy atom. The lowest BCUT2D eigenvalue weighted by Crippen LogP contribution is -2.10. The molecule has 0 aromatic carbocycles. The first-order valence-corrected chi connectivity index (χ1v) is 12.4. The number of aliphatic carboxylic acids is 1. The molecule has 2 aliphatic rings. The molecule has 11 heteroatoms. The van der Waals surface area contributed by atoms with Gasteiger partial charge in [-0.3, -0.25) is 4.79 Å². The minimum atomic E-state index is -1.01. The number of ketones is 1. The van der Waals surface area contributed by atoms with E-state index in [2.05, 4.69) is 19.5 Å². The Morgan fingerprint density at radius 1 is 1.18 bits per heavy atom. The van der Waals surface area contributed by atoms with Gasteiger partial charge in [-0.1, -0.05) is 5.16 Å². The zero-order valence-corrected chi connectivity index (χ0v) is 20.2. The third-order valence-electron chi connectivity index (χ3n) is 5.95. The summed E-state index contributed by atoms with van der Waals surface area (Å²) in [6, 6.07) is 0. The number of hydrogen-bond acceptors (Lipinski definition) is 10. The van der Waals surface area contributed by atoms with Crippen LogP contribution in [0, 0.1) is 6.92 Å². The molecule has 0 bridgehead atoms. The van der Waals surface area contributed by atoms with Crippen molar-refractivity contribution < 1.29 is 19.2 Å². The molecular formula is C22H23N5O4S2. The molecule has 0 aliphatic heterocycles. The molecule has 172 valence electrons. The molecule has 2 aliphatic carbocycles. The first-order valence-electron chi connectivity index (χ1n) is 10.8. The van der Waals surface area contributed by atoms with E-state index in [1.165, 1.54) is 22.9 Å². The molecule has 3 aromatic rings. The van der Waals surface area contributed by atoms with Crippen LogP contribution in [0.5, 0.6) is 0 Å².